The Kier molecular flexibility index (Phi) is 2.79. The summed E-state index contributed by atoms with van der Waals surface area (Å²) in [6.45, 7) is 9.33. The van der Waals surface area contributed by atoms with E-state index in [2.05, 4.69) is 64.2 Å². The monoisotopic (exact) mass is 366 g/mol. The summed E-state index contributed by atoms with van der Waals surface area (Å²) >= 11 is -0.786. The van der Waals surface area contributed by atoms with Crippen LogP contribution in [-0.2, 0) is 22.9 Å². The molecule has 2 atom stereocenters. The van der Waals surface area contributed by atoms with E-state index in [4.69, 9.17) is 0 Å². The Bertz CT molecular complexity index is 398. The maximum absolute atomic E-state index is 2.47. The zero-order valence-electron chi connectivity index (χ0n) is 9.96. The number of hydrogen-bond acceptors (Lipinski definition) is 0. The van der Waals surface area contributed by atoms with Crippen molar-refractivity contribution in [3.05, 3.63) is 47.6 Å². The second kappa shape index (κ2) is 3.69. The van der Waals surface area contributed by atoms with Gasteiger partial charge in [-0.25, -0.2) is 0 Å². The summed E-state index contributed by atoms with van der Waals surface area (Å²) in [5.41, 5.74) is 3.01. The van der Waals surface area contributed by atoms with Crippen molar-refractivity contribution in [1.29, 1.82) is 0 Å². The SMILES string of the molecule is CC1=C[C](C)([Hf][C]2(C)C=CC=C2C)C=C1. The Morgan fingerprint density at radius 3 is 2.33 bits per heavy atom. The van der Waals surface area contributed by atoms with Gasteiger partial charge in [0.25, 0.3) is 0 Å². The molecule has 0 saturated carbocycles. The third-order valence-corrected chi connectivity index (χ3v) is 10.3. The van der Waals surface area contributed by atoms with Gasteiger partial charge in [-0.15, -0.1) is 0 Å². The quantitative estimate of drug-likeness (QED) is 0.635. The molecular weight excluding hydrogens is 347 g/mol. The second-order valence-corrected chi connectivity index (χ2v) is 13.5. The Morgan fingerprint density at radius 2 is 1.87 bits per heavy atom. The van der Waals surface area contributed by atoms with Gasteiger partial charge in [0.15, 0.2) is 0 Å². The molecule has 2 rings (SSSR count). The number of hydrogen-bond donors (Lipinski definition) is 0. The Balaban J connectivity index is 2.20. The van der Waals surface area contributed by atoms with Crippen molar-refractivity contribution in [1.82, 2.24) is 0 Å². The summed E-state index contributed by atoms with van der Waals surface area (Å²) < 4.78 is 0.878. The second-order valence-electron chi connectivity index (χ2n) is 5.04. The van der Waals surface area contributed by atoms with Crippen molar-refractivity contribution in [3.8, 4) is 0 Å². The van der Waals surface area contributed by atoms with Crippen LogP contribution in [0.3, 0.4) is 0 Å². The van der Waals surface area contributed by atoms with E-state index in [0.717, 1.165) is 0 Å². The van der Waals surface area contributed by atoms with E-state index in [9.17, 15) is 0 Å². The molecule has 2 unspecified atom stereocenters. The summed E-state index contributed by atoms with van der Waals surface area (Å²) in [6, 6.07) is 0. The summed E-state index contributed by atoms with van der Waals surface area (Å²) in [5, 5.41) is 0. The fourth-order valence-electron chi connectivity index (χ4n) is 2.34. The van der Waals surface area contributed by atoms with Crippen LogP contribution < -0.4 is 0 Å². The summed E-state index contributed by atoms with van der Waals surface area (Å²) in [4.78, 5) is 0. The molecule has 1 heteroatoms. The van der Waals surface area contributed by atoms with Gasteiger partial charge in [-0.3, -0.25) is 0 Å². The van der Waals surface area contributed by atoms with Crippen LogP contribution in [0.2, 0.25) is 6.34 Å². The molecule has 0 bridgehead atoms. The van der Waals surface area contributed by atoms with E-state index >= 15 is 0 Å². The first-order valence-corrected chi connectivity index (χ1v) is 9.07. The molecule has 0 amide bonds. The molecule has 78 valence electrons. The van der Waals surface area contributed by atoms with Gasteiger partial charge in [0.05, 0.1) is 0 Å². The zero-order valence-corrected chi connectivity index (χ0v) is 13.6. The molecule has 0 N–H and O–H groups in total. The van der Waals surface area contributed by atoms with Gasteiger partial charge in [0.1, 0.15) is 0 Å². The molecule has 0 aromatic carbocycles. The average Bonchev–Trinajstić information content (AvgIpc) is 2.59. The van der Waals surface area contributed by atoms with Crippen LogP contribution in [0.5, 0.6) is 0 Å². The van der Waals surface area contributed by atoms with Gasteiger partial charge in [-0.2, -0.15) is 0 Å². The fourth-order valence-corrected chi connectivity index (χ4v) is 9.69. The first kappa shape index (κ1) is 11.3. The molecule has 0 nitrogen and oxygen atoms in total. The van der Waals surface area contributed by atoms with Gasteiger partial charge in [-0.1, -0.05) is 0 Å². The van der Waals surface area contributed by atoms with Crippen molar-refractivity contribution in [3.63, 3.8) is 0 Å². The summed E-state index contributed by atoms with van der Waals surface area (Å²) in [5.74, 6) is 0. The number of allylic oxidation sites excluding steroid dienone is 8. The molecule has 15 heavy (non-hydrogen) atoms. The van der Waals surface area contributed by atoms with E-state index in [1.165, 1.54) is 5.57 Å². The van der Waals surface area contributed by atoms with Gasteiger partial charge in [0.2, 0.25) is 0 Å². The zero-order chi connectivity index (χ0) is 11.1. The topological polar surface area (TPSA) is 0 Å². The molecule has 0 aliphatic heterocycles. The molecule has 0 aromatic rings. The van der Waals surface area contributed by atoms with Gasteiger partial charge in [-0.05, 0) is 0 Å². The summed E-state index contributed by atoms with van der Waals surface area (Å²) in [7, 11) is 0. The molecule has 2 aliphatic carbocycles. The van der Waals surface area contributed by atoms with Gasteiger partial charge in [0, 0.05) is 0 Å². The van der Waals surface area contributed by atoms with Crippen molar-refractivity contribution < 1.29 is 22.9 Å². The Labute approximate surface area is 104 Å². The van der Waals surface area contributed by atoms with Crippen molar-refractivity contribution in [2.24, 2.45) is 0 Å². The third-order valence-electron chi connectivity index (χ3n) is 3.34. The maximum atomic E-state index is 2.47. The van der Waals surface area contributed by atoms with Crippen molar-refractivity contribution in [2.45, 2.75) is 34.0 Å². The molecular formula is C14H18Hf. The van der Waals surface area contributed by atoms with Crippen LogP contribution in [0.4, 0.5) is 0 Å². The fraction of sp³-hybridized carbons (Fsp3) is 0.429. The standard InChI is InChI=1S/2C7H9.Hf/c1-6-3-4-7(2)5-6;1-6-4-3-5-7(6)2;/h2*3-5H,1-2H3;. The third kappa shape index (κ3) is 2.18. The molecule has 0 aromatic heterocycles. The van der Waals surface area contributed by atoms with Crippen LogP contribution in [0.1, 0.15) is 27.7 Å². The van der Waals surface area contributed by atoms with Crippen LogP contribution in [-0.4, -0.2) is 0 Å². The molecule has 2 aliphatic rings. The van der Waals surface area contributed by atoms with Gasteiger partial charge < -0.3 is 0 Å². The Hall–Kier alpha value is -0.170. The normalized spacial score (nSPS) is 38.1. The van der Waals surface area contributed by atoms with E-state index < -0.39 is 22.9 Å². The van der Waals surface area contributed by atoms with Gasteiger partial charge >= 0.3 is 105 Å². The molecule has 0 saturated heterocycles. The number of rotatable bonds is 2. The van der Waals surface area contributed by atoms with E-state index in [1.807, 2.05) is 0 Å². The van der Waals surface area contributed by atoms with Crippen LogP contribution in [0.15, 0.2) is 47.6 Å². The van der Waals surface area contributed by atoms with Crippen molar-refractivity contribution in [2.75, 3.05) is 0 Å². The Morgan fingerprint density at radius 1 is 1.13 bits per heavy atom. The van der Waals surface area contributed by atoms with E-state index in [0.29, 0.717) is 6.34 Å². The van der Waals surface area contributed by atoms with E-state index in [1.54, 1.807) is 5.57 Å². The average molecular weight is 365 g/mol. The van der Waals surface area contributed by atoms with Crippen LogP contribution >= 0.6 is 0 Å². The minimum absolute atomic E-state index is 0.433. The van der Waals surface area contributed by atoms with Crippen LogP contribution in [0.25, 0.3) is 0 Å². The molecule has 0 fully saturated rings. The van der Waals surface area contributed by atoms with Crippen LogP contribution in [0, 0.1) is 0 Å². The molecule has 0 spiro atoms. The molecule has 0 radical (unpaired) electrons. The minimum atomic E-state index is -0.786. The first-order valence-electron chi connectivity index (χ1n) is 5.48. The molecule has 0 heterocycles. The summed E-state index contributed by atoms with van der Waals surface area (Å²) in [6.07, 6.45) is 14.1. The predicted molar refractivity (Wildman–Crippen MR) is 62.5 cm³/mol. The van der Waals surface area contributed by atoms with E-state index in [-0.39, 0.29) is 0 Å². The first-order chi connectivity index (χ1) is 6.94. The predicted octanol–water partition coefficient (Wildman–Crippen LogP) is 4.46. The van der Waals surface area contributed by atoms with Crippen molar-refractivity contribution >= 4 is 0 Å².